The molecule has 4 rings (SSSR count). The number of ether oxygens (including phenoxy) is 1. The lowest BCUT2D eigenvalue weighted by molar-refractivity contribution is -0.126. The van der Waals surface area contributed by atoms with Gasteiger partial charge in [-0.3, -0.25) is 9.69 Å². The third-order valence-electron chi connectivity index (χ3n) is 6.03. The Hall–Kier alpha value is -2.03. The van der Waals surface area contributed by atoms with Crippen molar-refractivity contribution in [2.24, 2.45) is 5.92 Å². The molecule has 0 saturated carbocycles. The zero-order valence-corrected chi connectivity index (χ0v) is 19.5. The summed E-state index contributed by atoms with van der Waals surface area (Å²) in [6.45, 7) is 11.2. The van der Waals surface area contributed by atoms with Gasteiger partial charge in [0.2, 0.25) is 5.91 Å². The van der Waals surface area contributed by atoms with Crippen molar-refractivity contribution < 1.29 is 9.53 Å². The highest BCUT2D eigenvalue weighted by atomic mass is 32.1. The molecular formula is C23H33N5O2S. The second kappa shape index (κ2) is 10.1. The predicted octanol–water partition coefficient (Wildman–Crippen LogP) is 2.99. The number of aryl methyl sites for hydroxylation is 1. The van der Waals surface area contributed by atoms with Crippen molar-refractivity contribution in [1.29, 1.82) is 0 Å². The molecule has 2 aromatic heterocycles. The maximum atomic E-state index is 12.6. The fraction of sp³-hybridized carbons (Fsp3) is 0.609. The summed E-state index contributed by atoms with van der Waals surface area (Å²) in [6.07, 6.45) is 4.10. The molecule has 8 heteroatoms. The molecule has 4 heterocycles. The van der Waals surface area contributed by atoms with Crippen molar-refractivity contribution in [3.05, 3.63) is 40.0 Å². The number of carbonyl (C=O) groups excluding carboxylic acids is 1. The smallest absolute Gasteiger partial charge is 0.223 e. The normalized spacial score (nSPS) is 23.1. The first kappa shape index (κ1) is 22.2. The monoisotopic (exact) mass is 443 g/mol. The quantitative estimate of drug-likeness (QED) is 0.740. The Morgan fingerprint density at radius 2 is 1.97 bits per heavy atom. The van der Waals surface area contributed by atoms with Crippen molar-refractivity contribution in [2.45, 2.75) is 58.9 Å². The van der Waals surface area contributed by atoms with Gasteiger partial charge in [0.1, 0.15) is 5.82 Å². The van der Waals surface area contributed by atoms with E-state index in [1.807, 2.05) is 19.2 Å². The van der Waals surface area contributed by atoms with Gasteiger partial charge in [0.05, 0.1) is 22.9 Å². The maximum Gasteiger partial charge on any atom is 0.223 e. The number of hydrogen-bond donors (Lipinski definition) is 1. The van der Waals surface area contributed by atoms with E-state index in [0.29, 0.717) is 6.54 Å². The summed E-state index contributed by atoms with van der Waals surface area (Å²) in [7, 11) is 0. The number of anilines is 1. The maximum absolute atomic E-state index is 12.6. The van der Waals surface area contributed by atoms with Gasteiger partial charge in [0.15, 0.2) is 0 Å². The van der Waals surface area contributed by atoms with Crippen LogP contribution in [0.2, 0.25) is 0 Å². The largest absolute Gasteiger partial charge is 0.372 e. The Balaban J connectivity index is 1.21. The molecule has 2 aliphatic rings. The lowest BCUT2D eigenvalue weighted by Gasteiger charge is -2.36. The van der Waals surface area contributed by atoms with E-state index in [0.717, 1.165) is 67.6 Å². The van der Waals surface area contributed by atoms with E-state index in [1.165, 1.54) is 0 Å². The second-order valence-electron chi connectivity index (χ2n) is 8.81. The molecule has 2 atom stereocenters. The molecular weight excluding hydrogens is 410 g/mol. The Morgan fingerprint density at radius 3 is 2.58 bits per heavy atom. The van der Waals surface area contributed by atoms with Gasteiger partial charge in [-0.1, -0.05) is 6.07 Å². The Morgan fingerprint density at radius 1 is 1.23 bits per heavy atom. The molecule has 0 aliphatic carbocycles. The van der Waals surface area contributed by atoms with E-state index in [4.69, 9.17) is 4.74 Å². The van der Waals surface area contributed by atoms with Crippen LogP contribution in [-0.4, -0.2) is 59.2 Å². The number of thiazole rings is 1. The average molecular weight is 444 g/mol. The molecule has 0 aromatic carbocycles. The standard InChI is InChI=1S/C23H33N5O2S/c1-16-12-28(13-17(2)30-16)22-5-4-19(10-24-22)11-25-23(29)20-6-8-27(9-7-20)14-21-15-31-18(3)26-21/h4-5,10,15-17,20H,6-9,11-14H2,1-3H3,(H,25,29). The van der Waals surface area contributed by atoms with Gasteiger partial charge in [-0.15, -0.1) is 11.3 Å². The Bertz CT molecular complexity index is 853. The minimum absolute atomic E-state index is 0.0944. The van der Waals surface area contributed by atoms with Crippen molar-refractivity contribution in [1.82, 2.24) is 20.2 Å². The number of piperidine rings is 1. The minimum Gasteiger partial charge on any atom is -0.372 e. The molecule has 2 fully saturated rings. The number of rotatable bonds is 6. The van der Waals surface area contributed by atoms with E-state index in [9.17, 15) is 4.79 Å². The number of carbonyl (C=O) groups is 1. The summed E-state index contributed by atoms with van der Waals surface area (Å²) in [4.78, 5) is 26.5. The van der Waals surface area contributed by atoms with Crippen molar-refractivity contribution >= 4 is 23.1 Å². The molecule has 168 valence electrons. The van der Waals surface area contributed by atoms with Crippen LogP contribution in [0, 0.1) is 12.8 Å². The number of nitrogens with zero attached hydrogens (tertiary/aromatic N) is 4. The summed E-state index contributed by atoms with van der Waals surface area (Å²) in [5.74, 6) is 1.22. The molecule has 2 aliphatic heterocycles. The van der Waals surface area contributed by atoms with Gasteiger partial charge in [-0.25, -0.2) is 9.97 Å². The minimum atomic E-state index is 0.0944. The fourth-order valence-corrected chi connectivity index (χ4v) is 5.07. The van der Waals surface area contributed by atoms with Crippen LogP contribution in [-0.2, 0) is 22.6 Å². The molecule has 1 amide bonds. The number of pyridine rings is 1. The molecule has 0 spiro atoms. The van der Waals surface area contributed by atoms with E-state index in [-0.39, 0.29) is 24.0 Å². The summed E-state index contributed by atoms with van der Waals surface area (Å²) >= 11 is 1.70. The highest BCUT2D eigenvalue weighted by Crippen LogP contribution is 2.21. The van der Waals surface area contributed by atoms with Crippen molar-refractivity contribution in [2.75, 3.05) is 31.1 Å². The highest BCUT2D eigenvalue weighted by molar-refractivity contribution is 7.09. The van der Waals surface area contributed by atoms with Gasteiger partial charge >= 0.3 is 0 Å². The average Bonchev–Trinajstić information content (AvgIpc) is 3.17. The molecule has 2 unspecified atom stereocenters. The highest BCUT2D eigenvalue weighted by Gasteiger charge is 2.25. The number of likely N-dealkylation sites (tertiary alicyclic amines) is 1. The van der Waals surface area contributed by atoms with Gasteiger partial charge in [0.25, 0.3) is 0 Å². The van der Waals surface area contributed by atoms with Gasteiger partial charge in [-0.05, 0) is 58.3 Å². The van der Waals surface area contributed by atoms with Crippen LogP contribution < -0.4 is 10.2 Å². The number of hydrogen-bond acceptors (Lipinski definition) is 7. The molecule has 0 radical (unpaired) electrons. The molecule has 2 saturated heterocycles. The first-order valence-electron chi connectivity index (χ1n) is 11.2. The molecule has 31 heavy (non-hydrogen) atoms. The SMILES string of the molecule is Cc1nc(CN2CCC(C(=O)NCc3ccc(N4CC(C)OC(C)C4)nc3)CC2)cs1. The number of nitrogens with one attached hydrogen (secondary N) is 1. The second-order valence-corrected chi connectivity index (χ2v) is 9.88. The summed E-state index contributed by atoms with van der Waals surface area (Å²) in [6, 6.07) is 4.11. The first-order valence-corrected chi connectivity index (χ1v) is 12.1. The summed E-state index contributed by atoms with van der Waals surface area (Å²) in [5.41, 5.74) is 2.17. The summed E-state index contributed by atoms with van der Waals surface area (Å²) < 4.78 is 5.80. The predicted molar refractivity (Wildman–Crippen MR) is 123 cm³/mol. The van der Waals surface area contributed by atoms with Gasteiger partial charge in [-0.2, -0.15) is 0 Å². The van der Waals surface area contributed by atoms with E-state index in [1.54, 1.807) is 11.3 Å². The molecule has 2 aromatic rings. The van der Waals surface area contributed by atoms with E-state index in [2.05, 4.69) is 50.4 Å². The van der Waals surface area contributed by atoms with Crippen LogP contribution in [0.25, 0.3) is 0 Å². The third-order valence-corrected chi connectivity index (χ3v) is 6.85. The van der Waals surface area contributed by atoms with Crippen LogP contribution in [0.3, 0.4) is 0 Å². The third kappa shape index (κ3) is 6.02. The number of morpholine rings is 1. The lowest BCUT2D eigenvalue weighted by Crippen LogP contribution is -2.45. The van der Waals surface area contributed by atoms with Crippen LogP contribution >= 0.6 is 11.3 Å². The van der Waals surface area contributed by atoms with Crippen LogP contribution in [0.5, 0.6) is 0 Å². The van der Waals surface area contributed by atoms with Crippen LogP contribution in [0.1, 0.15) is 43.0 Å². The van der Waals surface area contributed by atoms with Crippen molar-refractivity contribution in [3.63, 3.8) is 0 Å². The van der Waals surface area contributed by atoms with Crippen molar-refractivity contribution in [3.8, 4) is 0 Å². The lowest BCUT2D eigenvalue weighted by atomic mass is 9.95. The number of amides is 1. The van der Waals surface area contributed by atoms with E-state index < -0.39 is 0 Å². The number of aromatic nitrogens is 2. The fourth-order valence-electron chi connectivity index (χ4n) is 4.47. The Kier molecular flexibility index (Phi) is 7.20. The zero-order valence-electron chi connectivity index (χ0n) is 18.7. The topological polar surface area (TPSA) is 70.6 Å². The molecule has 7 nitrogen and oxygen atoms in total. The van der Waals surface area contributed by atoms with Gasteiger partial charge in [0, 0.05) is 43.7 Å². The Labute approximate surface area is 188 Å². The zero-order chi connectivity index (χ0) is 21.8. The first-order chi connectivity index (χ1) is 15.0. The molecule has 1 N–H and O–H groups in total. The summed E-state index contributed by atoms with van der Waals surface area (Å²) in [5, 5.41) is 6.35. The van der Waals surface area contributed by atoms with Crippen LogP contribution in [0.15, 0.2) is 23.7 Å². The molecule has 0 bridgehead atoms. The van der Waals surface area contributed by atoms with Crippen LogP contribution in [0.4, 0.5) is 5.82 Å². The van der Waals surface area contributed by atoms with Gasteiger partial charge < -0.3 is 15.0 Å². The van der Waals surface area contributed by atoms with E-state index >= 15 is 0 Å².